The number of allylic oxidation sites excluding steroid dienone is 1. The third-order valence-electron chi connectivity index (χ3n) is 6.84. The minimum absolute atomic E-state index is 0.00375. The second kappa shape index (κ2) is 12.1. The summed E-state index contributed by atoms with van der Waals surface area (Å²) in [5, 5.41) is 12.6. The Balaban J connectivity index is 2.11. The summed E-state index contributed by atoms with van der Waals surface area (Å²) < 4.78 is 0. The lowest BCUT2D eigenvalue weighted by Gasteiger charge is -2.31. The van der Waals surface area contributed by atoms with Gasteiger partial charge in [0.15, 0.2) is 0 Å². The van der Waals surface area contributed by atoms with E-state index in [9.17, 15) is 9.90 Å². The van der Waals surface area contributed by atoms with Crippen LogP contribution in [0.25, 0.3) is 22.3 Å². The van der Waals surface area contributed by atoms with Crippen molar-refractivity contribution in [1.29, 1.82) is 0 Å². The highest BCUT2D eigenvalue weighted by molar-refractivity contribution is 5.88. The average Bonchev–Trinajstić information content (AvgIpc) is 2.87. The summed E-state index contributed by atoms with van der Waals surface area (Å²) >= 11 is 0. The lowest BCUT2D eigenvalue weighted by atomic mass is 9.82. The summed E-state index contributed by atoms with van der Waals surface area (Å²) in [6.45, 7) is 20.0. The molecule has 0 amide bonds. The van der Waals surface area contributed by atoms with Crippen molar-refractivity contribution in [3.8, 4) is 22.3 Å². The zero-order valence-electron chi connectivity index (χ0n) is 23.3. The minimum atomic E-state index is -0.908. The number of carboxylic acids is 1. The number of anilines is 1. The van der Waals surface area contributed by atoms with E-state index in [-0.39, 0.29) is 5.41 Å². The maximum absolute atomic E-state index is 11.3. The molecule has 0 heterocycles. The first-order valence-corrected chi connectivity index (χ1v) is 13.3. The topological polar surface area (TPSA) is 52.6 Å². The van der Waals surface area contributed by atoms with Gasteiger partial charge in [0.1, 0.15) is 0 Å². The number of nitrogens with one attached hydrogen (secondary N) is 1. The Morgan fingerprint density at radius 1 is 0.919 bits per heavy atom. The number of carboxylic acid groups (broad SMARTS) is 1. The van der Waals surface area contributed by atoms with Crippen molar-refractivity contribution in [2.75, 3.05) is 24.5 Å². The minimum Gasteiger partial charge on any atom is -0.478 e. The largest absolute Gasteiger partial charge is 0.478 e. The molecular formula is C33H42N2O2. The summed E-state index contributed by atoms with van der Waals surface area (Å²) in [5.74, 6) is -0.908. The van der Waals surface area contributed by atoms with Crippen LogP contribution in [-0.2, 0) is 11.8 Å². The van der Waals surface area contributed by atoms with Crippen LogP contribution in [0.3, 0.4) is 0 Å². The average molecular weight is 499 g/mol. The van der Waals surface area contributed by atoms with Crippen LogP contribution in [0.4, 0.5) is 5.69 Å². The molecule has 0 aliphatic carbocycles. The first kappa shape index (κ1) is 28.0. The number of rotatable bonds is 11. The van der Waals surface area contributed by atoms with E-state index in [4.69, 9.17) is 0 Å². The smallest absolute Gasteiger partial charge is 0.335 e. The van der Waals surface area contributed by atoms with E-state index >= 15 is 0 Å². The normalized spacial score (nSPS) is 11.3. The zero-order chi connectivity index (χ0) is 27.2. The molecule has 3 aromatic rings. The fraction of sp³-hybridized carbons (Fsp3) is 0.364. The molecule has 0 spiro atoms. The Bertz CT molecular complexity index is 1230. The third-order valence-corrected chi connectivity index (χ3v) is 6.84. The van der Waals surface area contributed by atoms with Gasteiger partial charge in [0.25, 0.3) is 0 Å². The molecule has 2 N–H and O–H groups in total. The third kappa shape index (κ3) is 7.03. The van der Waals surface area contributed by atoms with Gasteiger partial charge < -0.3 is 15.3 Å². The number of benzene rings is 3. The molecule has 3 rings (SSSR count). The molecule has 0 saturated heterocycles. The molecule has 0 fully saturated rings. The maximum Gasteiger partial charge on any atom is 0.335 e. The summed E-state index contributed by atoms with van der Waals surface area (Å²) in [5.41, 5.74) is 9.79. The monoisotopic (exact) mass is 498 g/mol. The number of carbonyl (C=O) groups is 1. The lowest BCUT2D eigenvalue weighted by Crippen LogP contribution is -2.26. The van der Waals surface area contributed by atoms with E-state index in [2.05, 4.69) is 87.8 Å². The highest BCUT2D eigenvalue weighted by Crippen LogP contribution is 2.38. The summed E-state index contributed by atoms with van der Waals surface area (Å²) in [6, 6.07) is 20.7. The Labute approximate surface area is 223 Å². The van der Waals surface area contributed by atoms with Gasteiger partial charge in [0, 0.05) is 31.0 Å². The molecular weight excluding hydrogens is 456 g/mol. The summed E-state index contributed by atoms with van der Waals surface area (Å²) in [4.78, 5) is 13.7. The van der Waals surface area contributed by atoms with Gasteiger partial charge in [-0.1, -0.05) is 57.7 Å². The van der Waals surface area contributed by atoms with Crippen molar-refractivity contribution in [2.45, 2.75) is 59.8 Å². The fourth-order valence-corrected chi connectivity index (χ4v) is 4.77. The van der Waals surface area contributed by atoms with Crippen molar-refractivity contribution >= 4 is 11.7 Å². The van der Waals surface area contributed by atoms with E-state index in [1.54, 1.807) is 12.1 Å². The molecule has 3 aromatic carbocycles. The van der Waals surface area contributed by atoms with Gasteiger partial charge in [-0.25, -0.2) is 4.79 Å². The van der Waals surface area contributed by atoms with Gasteiger partial charge in [-0.3, -0.25) is 0 Å². The van der Waals surface area contributed by atoms with Gasteiger partial charge >= 0.3 is 5.97 Å². The summed E-state index contributed by atoms with van der Waals surface area (Å²) in [6.07, 6.45) is 1.96. The molecule has 0 aliphatic rings. The van der Waals surface area contributed by atoms with E-state index in [1.807, 2.05) is 19.1 Å². The number of nitrogens with zero attached hydrogens (tertiary/aromatic N) is 1. The molecule has 0 radical (unpaired) electrons. The van der Waals surface area contributed by atoms with E-state index < -0.39 is 5.97 Å². The van der Waals surface area contributed by atoms with Crippen molar-refractivity contribution in [3.05, 3.63) is 89.6 Å². The fourth-order valence-electron chi connectivity index (χ4n) is 4.77. The van der Waals surface area contributed by atoms with Gasteiger partial charge in [-0.2, -0.15) is 0 Å². The molecule has 0 unspecified atom stereocenters. The van der Waals surface area contributed by atoms with Crippen LogP contribution >= 0.6 is 0 Å². The van der Waals surface area contributed by atoms with E-state index in [0.29, 0.717) is 5.56 Å². The van der Waals surface area contributed by atoms with Crippen LogP contribution in [0.1, 0.15) is 69.4 Å². The molecule has 196 valence electrons. The first-order chi connectivity index (χ1) is 17.5. The van der Waals surface area contributed by atoms with Crippen molar-refractivity contribution in [3.63, 3.8) is 0 Å². The van der Waals surface area contributed by atoms with Crippen LogP contribution in [0, 0.1) is 0 Å². The number of aryl methyl sites for hydroxylation is 1. The molecule has 0 aliphatic heterocycles. The van der Waals surface area contributed by atoms with Crippen molar-refractivity contribution in [2.24, 2.45) is 0 Å². The van der Waals surface area contributed by atoms with Gasteiger partial charge in [0.2, 0.25) is 0 Å². The molecule has 0 atom stereocenters. The second-order valence-corrected chi connectivity index (χ2v) is 10.7. The molecule has 0 aromatic heterocycles. The zero-order valence-corrected chi connectivity index (χ0v) is 23.3. The number of hydrogen-bond acceptors (Lipinski definition) is 3. The summed E-state index contributed by atoms with van der Waals surface area (Å²) in [7, 11) is 0. The predicted octanol–water partition coefficient (Wildman–Crippen LogP) is 7.92. The molecule has 4 heteroatoms. The van der Waals surface area contributed by atoms with Crippen molar-refractivity contribution in [1.82, 2.24) is 5.32 Å². The highest BCUT2D eigenvalue weighted by atomic mass is 16.4. The molecule has 0 saturated carbocycles. The Kier molecular flexibility index (Phi) is 9.20. The molecule has 4 nitrogen and oxygen atoms in total. The molecule has 37 heavy (non-hydrogen) atoms. The van der Waals surface area contributed by atoms with Gasteiger partial charge in [0.05, 0.1) is 5.56 Å². The maximum atomic E-state index is 11.3. The SMILES string of the molecule is C=C(C)NCCCc1ccc(-c2ccc(C(=O)O)cc2)cc1-c1ccc(N(CC)CC)c(C(C)(C)C)c1. The Morgan fingerprint density at radius 2 is 1.54 bits per heavy atom. The molecule has 0 bridgehead atoms. The van der Waals surface area contributed by atoms with Crippen molar-refractivity contribution < 1.29 is 9.90 Å². The number of aromatic carboxylic acids is 1. The van der Waals surface area contributed by atoms with Crippen LogP contribution in [0.5, 0.6) is 0 Å². The van der Waals surface area contributed by atoms with Crippen LogP contribution < -0.4 is 10.2 Å². The lowest BCUT2D eigenvalue weighted by molar-refractivity contribution is 0.0697. The van der Waals surface area contributed by atoms with Crippen LogP contribution in [-0.4, -0.2) is 30.7 Å². The highest BCUT2D eigenvalue weighted by Gasteiger charge is 2.22. The van der Waals surface area contributed by atoms with E-state index in [1.165, 1.54) is 27.9 Å². The van der Waals surface area contributed by atoms with Crippen LogP contribution in [0.2, 0.25) is 0 Å². The number of hydrogen-bond donors (Lipinski definition) is 2. The van der Waals surface area contributed by atoms with Crippen LogP contribution in [0.15, 0.2) is 72.9 Å². The quantitative estimate of drug-likeness (QED) is 0.264. The second-order valence-electron chi connectivity index (χ2n) is 10.7. The van der Waals surface area contributed by atoms with E-state index in [0.717, 1.165) is 49.3 Å². The standard InChI is InChI=1S/C33H42N2O2/c1-8-35(9-2)31-19-18-28(22-30(31)33(5,6)7)29-21-27(24-12-15-26(16-13-24)32(36)37)17-14-25(29)11-10-20-34-23(3)4/h12-19,21-22,34H,3,8-11,20H2,1-2,4-7H3,(H,36,37). The Morgan fingerprint density at radius 3 is 2.11 bits per heavy atom. The first-order valence-electron chi connectivity index (χ1n) is 13.3. The predicted molar refractivity (Wildman–Crippen MR) is 158 cm³/mol. The van der Waals surface area contributed by atoms with Gasteiger partial charge in [-0.15, -0.1) is 0 Å². The van der Waals surface area contributed by atoms with Gasteiger partial charge in [-0.05, 0) is 103 Å². The Hall–Kier alpha value is -3.53.